The van der Waals surface area contributed by atoms with Gasteiger partial charge in [0.2, 0.25) is 0 Å². The Balaban J connectivity index is 2.16. The van der Waals surface area contributed by atoms with E-state index < -0.39 is 0 Å². The monoisotopic (exact) mass is 287 g/mol. The van der Waals surface area contributed by atoms with Gasteiger partial charge in [0, 0.05) is 20.3 Å². The van der Waals surface area contributed by atoms with Gasteiger partial charge >= 0.3 is 0 Å². The molecule has 2 aromatic rings. The van der Waals surface area contributed by atoms with E-state index in [0.29, 0.717) is 11.4 Å². The van der Waals surface area contributed by atoms with Crippen molar-refractivity contribution in [1.82, 2.24) is 10.3 Å². The van der Waals surface area contributed by atoms with Gasteiger partial charge in [-0.2, -0.15) is 0 Å². The van der Waals surface area contributed by atoms with Crippen molar-refractivity contribution in [2.24, 2.45) is 0 Å². The van der Waals surface area contributed by atoms with E-state index in [1.807, 2.05) is 21.0 Å². The summed E-state index contributed by atoms with van der Waals surface area (Å²) in [5.41, 5.74) is 1.36. The molecule has 2 rings (SSSR count). The van der Waals surface area contributed by atoms with E-state index in [1.165, 1.54) is 12.1 Å². The minimum atomic E-state index is -0.292. The van der Waals surface area contributed by atoms with Gasteiger partial charge in [0.15, 0.2) is 0 Å². The minimum absolute atomic E-state index is 0.205. The van der Waals surface area contributed by atoms with Crippen molar-refractivity contribution >= 4 is 11.7 Å². The van der Waals surface area contributed by atoms with Crippen molar-refractivity contribution in [2.75, 3.05) is 19.0 Å². The summed E-state index contributed by atoms with van der Waals surface area (Å²) in [4.78, 5) is 18.4. The van der Waals surface area contributed by atoms with Crippen molar-refractivity contribution < 1.29 is 9.18 Å². The predicted molar refractivity (Wildman–Crippen MR) is 80.8 cm³/mol. The van der Waals surface area contributed by atoms with Crippen molar-refractivity contribution in [3.05, 3.63) is 59.5 Å². The Labute approximate surface area is 123 Å². The molecule has 4 nitrogen and oxygen atoms in total. The highest BCUT2D eigenvalue weighted by atomic mass is 19.1. The maximum absolute atomic E-state index is 12.9. The van der Waals surface area contributed by atoms with Crippen LogP contribution in [-0.4, -0.2) is 25.0 Å². The third-order valence-corrected chi connectivity index (χ3v) is 3.17. The normalized spacial score (nSPS) is 11.8. The fraction of sp³-hybridized carbons (Fsp3) is 0.250. The van der Waals surface area contributed by atoms with Crippen LogP contribution in [0.25, 0.3) is 0 Å². The van der Waals surface area contributed by atoms with Gasteiger partial charge in [0.1, 0.15) is 11.6 Å². The lowest BCUT2D eigenvalue weighted by Crippen LogP contribution is -2.28. The van der Waals surface area contributed by atoms with E-state index in [4.69, 9.17) is 0 Å². The summed E-state index contributed by atoms with van der Waals surface area (Å²) < 4.78 is 12.9. The van der Waals surface area contributed by atoms with Crippen LogP contribution in [0.2, 0.25) is 0 Å². The van der Waals surface area contributed by atoms with E-state index in [0.717, 1.165) is 5.56 Å². The molecule has 0 bridgehead atoms. The molecule has 1 heterocycles. The van der Waals surface area contributed by atoms with Gasteiger partial charge in [-0.1, -0.05) is 12.1 Å². The Morgan fingerprint density at radius 3 is 2.52 bits per heavy atom. The Bertz CT molecular complexity index is 626. The van der Waals surface area contributed by atoms with E-state index in [9.17, 15) is 9.18 Å². The number of carbonyl (C=O) groups excluding carboxylic acids is 1. The summed E-state index contributed by atoms with van der Waals surface area (Å²) in [7, 11) is 3.67. The molecule has 0 fully saturated rings. The Kier molecular flexibility index (Phi) is 4.52. The number of pyridine rings is 1. The van der Waals surface area contributed by atoms with Gasteiger partial charge < -0.3 is 10.2 Å². The molecule has 0 aliphatic carbocycles. The lowest BCUT2D eigenvalue weighted by molar-refractivity contribution is 0.0940. The molecule has 1 atom stereocenters. The van der Waals surface area contributed by atoms with Crippen molar-refractivity contribution in [2.45, 2.75) is 13.0 Å². The van der Waals surface area contributed by atoms with Crippen molar-refractivity contribution in [3.8, 4) is 0 Å². The molecular formula is C16H18FN3O. The molecule has 1 unspecified atom stereocenters. The average molecular weight is 287 g/mol. The first-order valence-corrected chi connectivity index (χ1v) is 6.67. The smallest absolute Gasteiger partial charge is 0.255 e. The average Bonchev–Trinajstić information content (AvgIpc) is 2.47. The quantitative estimate of drug-likeness (QED) is 0.940. The molecule has 1 aromatic heterocycles. The van der Waals surface area contributed by atoms with Gasteiger partial charge in [-0.15, -0.1) is 0 Å². The van der Waals surface area contributed by atoms with Crippen LogP contribution in [0.4, 0.5) is 10.2 Å². The third-order valence-electron chi connectivity index (χ3n) is 3.17. The summed E-state index contributed by atoms with van der Waals surface area (Å²) in [6.07, 6.45) is 1.65. The maximum Gasteiger partial charge on any atom is 0.255 e. The van der Waals surface area contributed by atoms with E-state index >= 15 is 0 Å². The Morgan fingerprint density at radius 1 is 1.24 bits per heavy atom. The second-order valence-corrected chi connectivity index (χ2v) is 5.02. The number of nitrogens with one attached hydrogen (secondary N) is 1. The van der Waals surface area contributed by atoms with Gasteiger partial charge in [-0.3, -0.25) is 4.79 Å². The lowest BCUT2D eigenvalue weighted by atomic mass is 10.1. The van der Waals surface area contributed by atoms with E-state index in [2.05, 4.69) is 10.3 Å². The number of rotatable bonds is 4. The maximum atomic E-state index is 12.9. The second kappa shape index (κ2) is 6.35. The molecule has 0 saturated carbocycles. The number of carbonyl (C=O) groups is 1. The van der Waals surface area contributed by atoms with E-state index in [1.54, 1.807) is 35.4 Å². The van der Waals surface area contributed by atoms with Crippen LogP contribution in [0.5, 0.6) is 0 Å². The standard InChI is InChI=1S/C16H18FN3O/c1-11(12-6-8-13(17)9-7-12)19-16(21)14-5-4-10-18-15(14)20(2)3/h4-11H,1-3H3,(H,19,21). The lowest BCUT2D eigenvalue weighted by Gasteiger charge is -2.18. The highest BCUT2D eigenvalue weighted by molar-refractivity contribution is 5.99. The topological polar surface area (TPSA) is 45.2 Å². The van der Waals surface area contributed by atoms with Crippen LogP contribution >= 0.6 is 0 Å². The molecule has 0 radical (unpaired) electrons. The van der Waals surface area contributed by atoms with Crippen LogP contribution in [0.3, 0.4) is 0 Å². The molecule has 110 valence electrons. The summed E-state index contributed by atoms with van der Waals surface area (Å²) in [5, 5.41) is 2.90. The molecule has 0 aliphatic rings. The zero-order valence-corrected chi connectivity index (χ0v) is 12.3. The number of hydrogen-bond acceptors (Lipinski definition) is 3. The molecule has 0 saturated heterocycles. The summed E-state index contributed by atoms with van der Waals surface area (Å²) in [6.45, 7) is 1.86. The first-order valence-electron chi connectivity index (χ1n) is 6.67. The summed E-state index contributed by atoms with van der Waals surface area (Å²) in [5.74, 6) is 0.115. The first kappa shape index (κ1) is 15.0. The molecule has 0 aliphatic heterocycles. The number of halogens is 1. The van der Waals surface area contributed by atoms with Gasteiger partial charge in [0.25, 0.3) is 5.91 Å². The Hall–Kier alpha value is -2.43. The molecule has 1 N–H and O–H groups in total. The van der Waals surface area contributed by atoms with Gasteiger partial charge in [0.05, 0.1) is 11.6 Å². The number of benzene rings is 1. The van der Waals surface area contributed by atoms with Crippen LogP contribution in [0.1, 0.15) is 28.9 Å². The number of hydrogen-bond donors (Lipinski definition) is 1. The van der Waals surface area contributed by atoms with Gasteiger partial charge in [-0.25, -0.2) is 9.37 Å². The van der Waals surface area contributed by atoms with Crippen LogP contribution in [-0.2, 0) is 0 Å². The molecule has 1 aromatic carbocycles. The zero-order valence-electron chi connectivity index (χ0n) is 12.3. The van der Waals surface area contributed by atoms with Crippen LogP contribution in [0.15, 0.2) is 42.6 Å². The fourth-order valence-electron chi connectivity index (χ4n) is 2.04. The van der Waals surface area contributed by atoms with E-state index in [-0.39, 0.29) is 17.8 Å². The van der Waals surface area contributed by atoms with Gasteiger partial charge in [-0.05, 0) is 36.8 Å². The molecule has 21 heavy (non-hydrogen) atoms. The second-order valence-electron chi connectivity index (χ2n) is 5.02. The first-order chi connectivity index (χ1) is 9.99. The predicted octanol–water partition coefficient (Wildman–Crippen LogP) is 2.78. The molecular weight excluding hydrogens is 269 g/mol. The zero-order chi connectivity index (χ0) is 15.4. The number of amides is 1. The molecule has 5 heteroatoms. The molecule has 0 spiro atoms. The van der Waals surface area contributed by atoms with Crippen LogP contribution < -0.4 is 10.2 Å². The van der Waals surface area contributed by atoms with Crippen molar-refractivity contribution in [3.63, 3.8) is 0 Å². The fourth-order valence-corrected chi connectivity index (χ4v) is 2.04. The SMILES string of the molecule is CC(NC(=O)c1cccnc1N(C)C)c1ccc(F)cc1. The number of aromatic nitrogens is 1. The highest BCUT2D eigenvalue weighted by Crippen LogP contribution is 2.17. The number of anilines is 1. The highest BCUT2D eigenvalue weighted by Gasteiger charge is 2.16. The summed E-state index contributed by atoms with van der Waals surface area (Å²) in [6, 6.07) is 9.33. The summed E-state index contributed by atoms with van der Waals surface area (Å²) >= 11 is 0. The Morgan fingerprint density at radius 2 is 1.90 bits per heavy atom. The number of nitrogens with zero attached hydrogens (tertiary/aromatic N) is 2. The van der Waals surface area contributed by atoms with Crippen molar-refractivity contribution in [1.29, 1.82) is 0 Å². The largest absolute Gasteiger partial charge is 0.362 e. The third kappa shape index (κ3) is 3.56. The molecule has 1 amide bonds. The minimum Gasteiger partial charge on any atom is -0.362 e. The van der Waals surface area contributed by atoms with Crippen LogP contribution in [0, 0.1) is 5.82 Å².